The number of carbonyl (C=O) groups is 2. The van der Waals surface area contributed by atoms with Crippen molar-refractivity contribution in [1.29, 1.82) is 0 Å². The third-order valence-corrected chi connectivity index (χ3v) is 6.24. The Morgan fingerprint density at radius 2 is 1.62 bits per heavy atom. The number of sulfonamides is 1. The number of hydrogen-bond acceptors (Lipinski definition) is 5. The summed E-state index contributed by atoms with van der Waals surface area (Å²) in [5.74, 6) is -0.136. The fourth-order valence-electron chi connectivity index (χ4n) is 3.19. The van der Waals surface area contributed by atoms with Crippen molar-refractivity contribution in [2.75, 3.05) is 32.8 Å². The Morgan fingerprint density at radius 3 is 2.14 bits per heavy atom. The highest BCUT2D eigenvalue weighted by Gasteiger charge is 2.32. The summed E-state index contributed by atoms with van der Waals surface area (Å²) in [5.41, 5.74) is 0.957. The number of ether oxygens (including phenoxy) is 1. The molecule has 29 heavy (non-hydrogen) atoms. The van der Waals surface area contributed by atoms with E-state index < -0.39 is 22.2 Å². The van der Waals surface area contributed by atoms with Crippen LogP contribution in [0.5, 0.6) is 0 Å². The lowest BCUT2D eigenvalue weighted by atomic mass is 10.0. The van der Waals surface area contributed by atoms with Crippen molar-refractivity contribution < 1.29 is 22.7 Å². The van der Waals surface area contributed by atoms with Crippen LogP contribution < -0.4 is 4.72 Å². The number of rotatable bonds is 7. The van der Waals surface area contributed by atoms with Gasteiger partial charge in [0.25, 0.3) is 0 Å². The van der Waals surface area contributed by atoms with Gasteiger partial charge >= 0.3 is 6.09 Å². The van der Waals surface area contributed by atoms with Gasteiger partial charge < -0.3 is 14.5 Å². The second-order valence-corrected chi connectivity index (χ2v) is 9.34. The summed E-state index contributed by atoms with van der Waals surface area (Å²) < 4.78 is 33.1. The molecule has 1 atom stereocenters. The van der Waals surface area contributed by atoms with E-state index in [9.17, 15) is 18.0 Å². The lowest BCUT2D eigenvalue weighted by Crippen LogP contribution is -2.56. The van der Waals surface area contributed by atoms with Crippen LogP contribution in [0.1, 0.15) is 32.8 Å². The third kappa shape index (κ3) is 6.43. The van der Waals surface area contributed by atoms with Crippen LogP contribution in [0.4, 0.5) is 4.79 Å². The molecule has 0 saturated carbocycles. The Labute approximate surface area is 173 Å². The molecule has 1 aliphatic heterocycles. The first-order valence-corrected chi connectivity index (χ1v) is 11.4. The molecule has 8 nitrogen and oxygen atoms in total. The molecule has 1 aromatic rings. The summed E-state index contributed by atoms with van der Waals surface area (Å²) in [5, 5.41) is 0. The molecule has 1 aromatic carbocycles. The predicted molar refractivity (Wildman–Crippen MR) is 110 cm³/mol. The molecule has 1 fully saturated rings. The number of benzene rings is 1. The first kappa shape index (κ1) is 23.2. The minimum atomic E-state index is -3.82. The lowest BCUT2D eigenvalue weighted by molar-refractivity contribution is -0.135. The lowest BCUT2D eigenvalue weighted by Gasteiger charge is -2.36. The normalized spacial score (nSPS) is 16.0. The Morgan fingerprint density at radius 1 is 1.07 bits per heavy atom. The van der Waals surface area contributed by atoms with Gasteiger partial charge in [0.1, 0.15) is 6.04 Å². The number of nitrogens with zero attached hydrogens (tertiary/aromatic N) is 2. The summed E-state index contributed by atoms with van der Waals surface area (Å²) in [6, 6.07) is 5.67. The van der Waals surface area contributed by atoms with Crippen molar-refractivity contribution in [1.82, 2.24) is 14.5 Å². The zero-order valence-electron chi connectivity index (χ0n) is 17.6. The quantitative estimate of drug-likeness (QED) is 0.721. The summed E-state index contributed by atoms with van der Waals surface area (Å²) in [6.45, 7) is 9.23. The summed E-state index contributed by atoms with van der Waals surface area (Å²) in [7, 11) is -3.82. The van der Waals surface area contributed by atoms with Gasteiger partial charge in [0.2, 0.25) is 15.9 Å². The molecule has 1 aliphatic rings. The maximum atomic E-state index is 13.1. The molecule has 0 bridgehead atoms. The zero-order chi connectivity index (χ0) is 21.6. The second kappa shape index (κ2) is 10.1. The number of carbonyl (C=O) groups excluding carboxylic acids is 2. The first-order valence-electron chi connectivity index (χ1n) is 9.93. The SMILES string of the molecule is CCOC(=O)N1CCN(C(=O)[C@H](CC(C)C)NS(=O)(=O)c2ccc(C)cc2)CC1. The molecule has 0 unspecified atom stereocenters. The van der Waals surface area contributed by atoms with Crippen molar-refractivity contribution in [3.8, 4) is 0 Å². The molecular formula is C20H31N3O5S. The van der Waals surface area contributed by atoms with E-state index in [-0.39, 0.29) is 16.7 Å². The molecule has 1 N–H and O–H groups in total. The van der Waals surface area contributed by atoms with Crippen LogP contribution in [-0.4, -0.2) is 69.0 Å². The Hall–Kier alpha value is -2.13. The van der Waals surface area contributed by atoms with Crippen molar-refractivity contribution in [2.24, 2.45) is 5.92 Å². The van der Waals surface area contributed by atoms with Gasteiger partial charge in [-0.05, 0) is 38.3 Å². The number of aryl methyl sites for hydroxylation is 1. The van der Waals surface area contributed by atoms with Crippen LogP contribution in [0.25, 0.3) is 0 Å². The smallest absolute Gasteiger partial charge is 0.409 e. The van der Waals surface area contributed by atoms with Gasteiger partial charge in [-0.2, -0.15) is 4.72 Å². The summed E-state index contributed by atoms with van der Waals surface area (Å²) in [6.07, 6.45) is 0.000521. The van der Waals surface area contributed by atoms with Gasteiger partial charge in [0, 0.05) is 26.2 Å². The molecule has 9 heteroatoms. The molecular weight excluding hydrogens is 394 g/mol. The van der Waals surface area contributed by atoms with E-state index in [0.717, 1.165) is 5.56 Å². The average molecular weight is 426 g/mol. The van der Waals surface area contributed by atoms with Crippen molar-refractivity contribution >= 4 is 22.0 Å². The van der Waals surface area contributed by atoms with Gasteiger partial charge in [0.05, 0.1) is 11.5 Å². The highest BCUT2D eigenvalue weighted by atomic mass is 32.2. The topological polar surface area (TPSA) is 96.0 Å². The zero-order valence-corrected chi connectivity index (χ0v) is 18.4. The van der Waals surface area contributed by atoms with Crippen LogP contribution in [0.3, 0.4) is 0 Å². The highest BCUT2D eigenvalue weighted by molar-refractivity contribution is 7.89. The summed E-state index contributed by atoms with van der Waals surface area (Å²) in [4.78, 5) is 28.2. The first-order chi connectivity index (χ1) is 13.6. The highest BCUT2D eigenvalue weighted by Crippen LogP contribution is 2.16. The monoisotopic (exact) mass is 425 g/mol. The van der Waals surface area contributed by atoms with E-state index in [1.54, 1.807) is 28.9 Å². The minimum Gasteiger partial charge on any atom is -0.450 e. The molecule has 1 saturated heterocycles. The van der Waals surface area contributed by atoms with Gasteiger partial charge in [0.15, 0.2) is 0 Å². The number of piperazine rings is 1. The van der Waals surface area contributed by atoms with E-state index in [1.807, 2.05) is 20.8 Å². The van der Waals surface area contributed by atoms with E-state index >= 15 is 0 Å². The van der Waals surface area contributed by atoms with Crippen molar-refractivity contribution in [2.45, 2.75) is 45.1 Å². The van der Waals surface area contributed by atoms with E-state index in [1.165, 1.54) is 12.1 Å². The molecule has 0 radical (unpaired) electrons. The Kier molecular flexibility index (Phi) is 8.04. The molecule has 2 amide bonds. The maximum absolute atomic E-state index is 13.1. The van der Waals surface area contributed by atoms with E-state index in [2.05, 4.69) is 4.72 Å². The van der Waals surface area contributed by atoms with E-state index in [4.69, 9.17) is 4.74 Å². The Balaban J connectivity index is 2.09. The fourth-order valence-corrected chi connectivity index (χ4v) is 4.39. The maximum Gasteiger partial charge on any atom is 0.409 e. The number of hydrogen-bond donors (Lipinski definition) is 1. The fraction of sp³-hybridized carbons (Fsp3) is 0.600. The molecule has 0 aliphatic carbocycles. The molecule has 162 valence electrons. The second-order valence-electron chi connectivity index (χ2n) is 7.63. The molecule has 2 rings (SSSR count). The standard InChI is InChI=1S/C20H31N3O5S/c1-5-28-20(25)23-12-10-22(11-13-23)19(24)18(14-15(2)3)21-29(26,27)17-8-6-16(4)7-9-17/h6-9,15,18,21H,5,10-14H2,1-4H3/t18-/m0/s1. The molecule has 0 spiro atoms. The minimum absolute atomic E-state index is 0.130. The largest absolute Gasteiger partial charge is 0.450 e. The number of nitrogens with one attached hydrogen (secondary N) is 1. The van der Waals surface area contributed by atoms with Gasteiger partial charge in [-0.25, -0.2) is 13.2 Å². The van der Waals surface area contributed by atoms with Gasteiger partial charge in [-0.3, -0.25) is 4.79 Å². The van der Waals surface area contributed by atoms with Gasteiger partial charge in [-0.15, -0.1) is 0 Å². The Bertz CT molecular complexity index is 800. The van der Waals surface area contributed by atoms with Crippen molar-refractivity contribution in [3.63, 3.8) is 0 Å². The van der Waals surface area contributed by atoms with Crippen LogP contribution in [0.15, 0.2) is 29.2 Å². The van der Waals surface area contributed by atoms with Crippen LogP contribution in [-0.2, 0) is 19.6 Å². The average Bonchev–Trinajstić information content (AvgIpc) is 2.67. The van der Waals surface area contributed by atoms with Crippen LogP contribution in [0, 0.1) is 12.8 Å². The van der Waals surface area contributed by atoms with Crippen LogP contribution >= 0.6 is 0 Å². The predicted octanol–water partition coefficient (Wildman–Crippen LogP) is 1.99. The number of amides is 2. The molecule has 1 heterocycles. The molecule has 0 aromatic heterocycles. The van der Waals surface area contributed by atoms with E-state index in [0.29, 0.717) is 39.2 Å². The summed E-state index contributed by atoms with van der Waals surface area (Å²) >= 11 is 0. The third-order valence-electron chi connectivity index (χ3n) is 4.75. The van der Waals surface area contributed by atoms with Gasteiger partial charge in [-0.1, -0.05) is 31.5 Å². The van der Waals surface area contributed by atoms with Crippen LogP contribution in [0.2, 0.25) is 0 Å². The van der Waals surface area contributed by atoms with Crippen molar-refractivity contribution in [3.05, 3.63) is 29.8 Å².